The topological polar surface area (TPSA) is 33.3 Å². The van der Waals surface area contributed by atoms with Crippen LogP contribution in [0.5, 0.6) is 0 Å². The molecule has 2 unspecified atom stereocenters. The molecule has 0 bridgehead atoms. The Labute approximate surface area is 131 Å². The Hall–Kier alpha value is -0.120. The fourth-order valence-corrected chi connectivity index (χ4v) is 3.71. The van der Waals surface area contributed by atoms with E-state index in [2.05, 4.69) is 17.6 Å². The van der Waals surface area contributed by atoms with Crippen molar-refractivity contribution in [2.24, 2.45) is 0 Å². The molecule has 0 amide bonds. The first kappa shape index (κ1) is 17.2. The first-order chi connectivity index (χ1) is 10.3. The molecule has 0 aromatic heterocycles. The largest absolute Gasteiger partial charge is 0.378 e. The molecule has 2 aliphatic rings. The van der Waals surface area contributed by atoms with Crippen molar-refractivity contribution in [1.29, 1.82) is 0 Å². The summed E-state index contributed by atoms with van der Waals surface area (Å²) < 4.78 is 5.98. The second-order valence-corrected chi connectivity index (χ2v) is 7.08. The van der Waals surface area contributed by atoms with Gasteiger partial charge in [0.1, 0.15) is 0 Å². The lowest BCUT2D eigenvalue weighted by atomic mass is 9.98. The molecule has 1 saturated carbocycles. The first-order valence-corrected chi connectivity index (χ1v) is 9.43. The predicted octanol–water partition coefficient (Wildman–Crippen LogP) is 3.63. The van der Waals surface area contributed by atoms with Crippen LogP contribution in [-0.2, 0) is 4.74 Å². The Kier molecular flexibility index (Phi) is 8.68. The van der Waals surface area contributed by atoms with Gasteiger partial charge in [-0.25, -0.2) is 0 Å². The summed E-state index contributed by atoms with van der Waals surface area (Å²) in [7, 11) is 0. The highest BCUT2D eigenvalue weighted by Crippen LogP contribution is 2.20. The van der Waals surface area contributed by atoms with E-state index in [1.54, 1.807) is 0 Å². The van der Waals surface area contributed by atoms with Crippen LogP contribution >= 0.6 is 0 Å². The number of hydrogen-bond acceptors (Lipinski definition) is 3. The van der Waals surface area contributed by atoms with Gasteiger partial charge >= 0.3 is 0 Å². The van der Waals surface area contributed by atoms with Gasteiger partial charge in [0.15, 0.2) is 0 Å². The predicted molar refractivity (Wildman–Crippen MR) is 89.8 cm³/mol. The minimum Gasteiger partial charge on any atom is -0.378 e. The lowest BCUT2D eigenvalue weighted by molar-refractivity contribution is 0.0271. The van der Waals surface area contributed by atoms with Gasteiger partial charge in [-0.1, -0.05) is 32.1 Å². The summed E-state index contributed by atoms with van der Waals surface area (Å²) >= 11 is 0. The van der Waals surface area contributed by atoms with E-state index in [1.807, 2.05) is 0 Å². The highest BCUT2D eigenvalue weighted by molar-refractivity contribution is 4.76. The van der Waals surface area contributed by atoms with Crippen molar-refractivity contribution in [3.63, 3.8) is 0 Å². The normalized spacial score (nSPS) is 26.4. The molecule has 124 valence electrons. The van der Waals surface area contributed by atoms with E-state index in [4.69, 9.17) is 4.74 Å². The molecule has 0 radical (unpaired) electrons. The van der Waals surface area contributed by atoms with Crippen LogP contribution in [0.25, 0.3) is 0 Å². The molecule has 2 N–H and O–H groups in total. The van der Waals surface area contributed by atoms with Crippen molar-refractivity contribution in [2.75, 3.05) is 19.7 Å². The van der Waals surface area contributed by atoms with Crippen LogP contribution in [0, 0.1) is 0 Å². The van der Waals surface area contributed by atoms with Crippen LogP contribution in [-0.4, -0.2) is 37.9 Å². The molecule has 2 rings (SSSR count). The maximum absolute atomic E-state index is 5.98. The molecule has 3 heteroatoms. The minimum atomic E-state index is 0.561. The first-order valence-electron chi connectivity index (χ1n) is 9.43. The lowest BCUT2D eigenvalue weighted by Crippen LogP contribution is -2.37. The van der Waals surface area contributed by atoms with Crippen molar-refractivity contribution >= 4 is 0 Å². The third-order valence-corrected chi connectivity index (χ3v) is 5.02. The molecule has 1 aliphatic heterocycles. The zero-order valence-electron chi connectivity index (χ0n) is 14.0. The van der Waals surface area contributed by atoms with Gasteiger partial charge in [0, 0.05) is 18.7 Å². The van der Waals surface area contributed by atoms with Gasteiger partial charge in [0.05, 0.1) is 6.10 Å². The van der Waals surface area contributed by atoms with Crippen LogP contribution in [0.15, 0.2) is 0 Å². The number of ether oxygens (including phenoxy) is 1. The number of hydrogen-bond donors (Lipinski definition) is 2. The second kappa shape index (κ2) is 10.6. The van der Waals surface area contributed by atoms with Gasteiger partial charge in [-0.05, 0) is 58.5 Å². The van der Waals surface area contributed by atoms with Crippen molar-refractivity contribution in [1.82, 2.24) is 10.6 Å². The molecule has 3 nitrogen and oxygen atoms in total. The molecule has 21 heavy (non-hydrogen) atoms. The summed E-state index contributed by atoms with van der Waals surface area (Å²) in [6.45, 7) is 5.58. The summed E-state index contributed by atoms with van der Waals surface area (Å²) in [6.07, 6.45) is 15.2. The molecule has 2 atom stereocenters. The minimum absolute atomic E-state index is 0.561. The quantitative estimate of drug-likeness (QED) is 0.671. The van der Waals surface area contributed by atoms with E-state index in [0.29, 0.717) is 12.1 Å². The summed E-state index contributed by atoms with van der Waals surface area (Å²) in [5.74, 6) is 0. The molecule has 0 spiro atoms. The Morgan fingerprint density at radius 1 is 1.05 bits per heavy atom. The van der Waals surface area contributed by atoms with Crippen molar-refractivity contribution < 1.29 is 4.74 Å². The van der Waals surface area contributed by atoms with Crippen molar-refractivity contribution in [3.8, 4) is 0 Å². The molecule has 0 aromatic carbocycles. The summed E-state index contributed by atoms with van der Waals surface area (Å²) in [6, 6.07) is 1.35. The van der Waals surface area contributed by atoms with Gasteiger partial charge in [-0.15, -0.1) is 0 Å². The molecule has 1 aliphatic carbocycles. The Balaban J connectivity index is 1.45. The third kappa shape index (κ3) is 7.62. The van der Waals surface area contributed by atoms with Crippen LogP contribution < -0.4 is 10.6 Å². The monoisotopic (exact) mass is 296 g/mol. The smallest absolute Gasteiger partial charge is 0.0575 e. The molecule has 0 aromatic rings. The van der Waals surface area contributed by atoms with Gasteiger partial charge in [0.25, 0.3) is 0 Å². The second-order valence-electron chi connectivity index (χ2n) is 7.08. The van der Waals surface area contributed by atoms with Crippen LogP contribution in [0.3, 0.4) is 0 Å². The lowest BCUT2D eigenvalue weighted by Gasteiger charge is -2.23. The zero-order chi connectivity index (χ0) is 14.8. The van der Waals surface area contributed by atoms with Crippen LogP contribution in [0.2, 0.25) is 0 Å². The van der Waals surface area contributed by atoms with E-state index in [0.717, 1.165) is 25.6 Å². The Morgan fingerprint density at radius 3 is 2.67 bits per heavy atom. The fourth-order valence-electron chi connectivity index (χ4n) is 3.71. The molecular weight excluding hydrogens is 260 g/mol. The molecule has 1 saturated heterocycles. The summed E-state index contributed by atoms with van der Waals surface area (Å²) in [5.41, 5.74) is 0. The standard InChI is InChI=1S/C18H36N2O/c1-16(15-17-9-4-3-7-12-20-17)19-13-8-14-21-18-10-5-2-6-11-18/h16-20H,2-15H2,1H3. The van der Waals surface area contributed by atoms with Crippen molar-refractivity contribution in [3.05, 3.63) is 0 Å². The average molecular weight is 296 g/mol. The van der Waals surface area contributed by atoms with Gasteiger partial charge in [-0.2, -0.15) is 0 Å². The third-order valence-electron chi connectivity index (χ3n) is 5.02. The van der Waals surface area contributed by atoms with Gasteiger partial charge in [-0.3, -0.25) is 0 Å². The SMILES string of the molecule is CC(CC1CCCCCN1)NCCCOC1CCCCC1. The van der Waals surface area contributed by atoms with E-state index >= 15 is 0 Å². The van der Waals surface area contributed by atoms with E-state index in [9.17, 15) is 0 Å². The van der Waals surface area contributed by atoms with Crippen molar-refractivity contribution in [2.45, 2.75) is 95.7 Å². The average Bonchev–Trinajstić information content (AvgIpc) is 2.76. The van der Waals surface area contributed by atoms with E-state index in [1.165, 1.54) is 70.8 Å². The van der Waals surface area contributed by atoms with Crippen LogP contribution in [0.4, 0.5) is 0 Å². The van der Waals surface area contributed by atoms with Crippen LogP contribution in [0.1, 0.15) is 77.6 Å². The Morgan fingerprint density at radius 2 is 1.81 bits per heavy atom. The number of rotatable bonds is 8. The van der Waals surface area contributed by atoms with E-state index in [-0.39, 0.29) is 0 Å². The molecule has 1 heterocycles. The zero-order valence-corrected chi connectivity index (χ0v) is 14.0. The molecule has 2 fully saturated rings. The van der Waals surface area contributed by atoms with E-state index < -0.39 is 0 Å². The Bertz CT molecular complexity index is 246. The highest BCUT2D eigenvalue weighted by atomic mass is 16.5. The van der Waals surface area contributed by atoms with Gasteiger partial charge in [0.2, 0.25) is 0 Å². The fraction of sp³-hybridized carbons (Fsp3) is 1.00. The highest BCUT2D eigenvalue weighted by Gasteiger charge is 2.15. The maximum Gasteiger partial charge on any atom is 0.0575 e. The molecular formula is C18H36N2O. The maximum atomic E-state index is 5.98. The summed E-state index contributed by atoms with van der Waals surface area (Å²) in [5, 5.41) is 7.36. The van der Waals surface area contributed by atoms with Gasteiger partial charge < -0.3 is 15.4 Å². The summed E-state index contributed by atoms with van der Waals surface area (Å²) in [4.78, 5) is 0. The number of nitrogens with one attached hydrogen (secondary N) is 2.